The first kappa shape index (κ1) is 14.2. The second kappa shape index (κ2) is 5.96. The van der Waals surface area contributed by atoms with E-state index in [1.54, 1.807) is 11.3 Å². The highest BCUT2D eigenvalue weighted by Crippen LogP contribution is 2.33. The van der Waals surface area contributed by atoms with Crippen LogP contribution in [0.5, 0.6) is 0 Å². The number of fused-ring (bicyclic) bond motifs is 1. The fraction of sp³-hybridized carbons (Fsp3) is 0.278. The molecule has 2 nitrogen and oxygen atoms in total. The number of hydrogen-bond acceptors (Lipinski definition) is 3. The zero-order valence-electron chi connectivity index (χ0n) is 12.1. The lowest BCUT2D eigenvalue weighted by atomic mass is 9.86. The first-order valence-electron chi connectivity index (χ1n) is 7.33. The van der Waals surface area contributed by atoms with Crippen molar-refractivity contribution in [3.05, 3.63) is 65.2 Å². The Morgan fingerprint density at radius 1 is 1.05 bits per heavy atom. The molecule has 0 saturated carbocycles. The summed E-state index contributed by atoms with van der Waals surface area (Å²) >= 11 is 1.67. The van der Waals surface area contributed by atoms with Crippen LogP contribution in [-0.2, 0) is 12.0 Å². The second-order valence-corrected chi connectivity index (χ2v) is 6.51. The summed E-state index contributed by atoms with van der Waals surface area (Å²) < 4.78 is 1.18. The van der Waals surface area contributed by atoms with Gasteiger partial charge in [-0.05, 0) is 24.1 Å². The smallest absolute Gasteiger partial charge is 0.0970 e. The van der Waals surface area contributed by atoms with Gasteiger partial charge >= 0.3 is 0 Å². The molecule has 3 heteroatoms. The predicted molar refractivity (Wildman–Crippen MR) is 88.6 cm³/mol. The molecule has 0 fully saturated rings. The summed E-state index contributed by atoms with van der Waals surface area (Å²) in [5, 5.41) is 12.1. The van der Waals surface area contributed by atoms with E-state index in [1.165, 1.54) is 4.70 Å². The molecule has 2 aromatic carbocycles. The van der Waals surface area contributed by atoms with Gasteiger partial charge in [-0.3, -0.25) is 0 Å². The van der Waals surface area contributed by atoms with Crippen LogP contribution >= 0.6 is 11.3 Å². The molecule has 0 aliphatic carbocycles. The van der Waals surface area contributed by atoms with Crippen molar-refractivity contribution in [3.63, 3.8) is 0 Å². The standard InChI is InChI=1S/C18H19NOS/c1-2-12-18(20,14-8-4-3-5-9-14)13-17-19-15-10-6-7-11-16(15)21-17/h3-11,20H,2,12-13H2,1H3. The summed E-state index contributed by atoms with van der Waals surface area (Å²) in [6, 6.07) is 18.1. The van der Waals surface area contributed by atoms with Gasteiger partial charge in [0.15, 0.2) is 0 Å². The molecule has 1 heterocycles. The Bertz CT molecular complexity index is 689. The van der Waals surface area contributed by atoms with Crippen LogP contribution in [-0.4, -0.2) is 10.1 Å². The van der Waals surface area contributed by atoms with Gasteiger partial charge in [0.1, 0.15) is 0 Å². The van der Waals surface area contributed by atoms with Gasteiger partial charge in [0.2, 0.25) is 0 Å². The SMILES string of the molecule is CCCC(O)(Cc1nc2ccccc2s1)c1ccccc1. The van der Waals surface area contributed by atoms with Crippen LogP contribution in [0.1, 0.15) is 30.3 Å². The summed E-state index contributed by atoms with van der Waals surface area (Å²) in [5.41, 5.74) is 1.17. The molecule has 0 saturated heterocycles. The molecule has 1 unspecified atom stereocenters. The minimum Gasteiger partial charge on any atom is -0.385 e. The van der Waals surface area contributed by atoms with Crippen molar-refractivity contribution < 1.29 is 5.11 Å². The number of aliphatic hydroxyl groups is 1. The molecular formula is C18H19NOS. The first-order valence-corrected chi connectivity index (χ1v) is 8.15. The Balaban J connectivity index is 1.94. The molecule has 3 rings (SSSR count). The van der Waals surface area contributed by atoms with Gasteiger partial charge in [-0.1, -0.05) is 55.8 Å². The van der Waals surface area contributed by atoms with E-state index >= 15 is 0 Å². The van der Waals surface area contributed by atoms with Crippen molar-refractivity contribution >= 4 is 21.6 Å². The lowest BCUT2D eigenvalue weighted by Crippen LogP contribution is -2.28. The monoisotopic (exact) mass is 297 g/mol. The number of rotatable bonds is 5. The third-order valence-electron chi connectivity index (χ3n) is 3.76. The van der Waals surface area contributed by atoms with Gasteiger partial charge in [-0.2, -0.15) is 0 Å². The van der Waals surface area contributed by atoms with E-state index in [9.17, 15) is 5.11 Å². The van der Waals surface area contributed by atoms with Crippen molar-refractivity contribution in [3.8, 4) is 0 Å². The lowest BCUT2D eigenvalue weighted by molar-refractivity contribution is 0.0269. The van der Waals surface area contributed by atoms with E-state index in [-0.39, 0.29) is 0 Å². The average Bonchev–Trinajstić information content (AvgIpc) is 2.90. The minimum atomic E-state index is -0.829. The maximum atomic E-state index is 11.1. The number of benzene rings is 2. The molecule has 0 amide bonds. The number of para-hydroxylation sites is 1. The van der Waals surface area contributed by atoms with Gasteiger partial charge in [0.25, 0.3) is 0 Å². The Labute approximate surface area is 129 Å². The molecule has 21 heavy (non-hydrogen) atoms. The molecule has 0 aliphatic heterocycles. The third-order valence-corrected chi connectivity index (χ3v) is 4.79. The van der Waals surface area contributed by atoms with Crippen molar-refractivity contribution in [1.82, 2.24) is 4.98 Å². The molecule has 0 radical (unpaired) electrons. The van der Waals surface area contributed by atoms with E-state index in [1.807, 2.05) is 48.5 Å². The van der Waals surface area contributed by atoms with Gasteiger partial charge in [-0.25, -0.2) is 4.98 Å². The van der Waals surface area contributed by atoms with E-state index < -0.39 is 5.60 Å². The highest BCUT2D eigenvalue weighted by molar-refractivity contribution is 7.18. The number of thiazole rings is 1. The van der Waals surface area contributed by atoms with Crippen LogP contribution in [0.15, 0.2) is 54.6 Å². The van der Waals surface area contributed by atoms with E-state index in [4.69, 9.17) is 0 Å². The molecular weight excluding hydrogens is 278 g/mol. The number of aromatic nitrogens is 1. The van der Waals surface area contributed by atoms with Gasteiger partial charge in [-0.15, -0.1) is 11.3 Å². The number of nitrogens with zero attached hydrogens (tertiary/aromatic N) is 1. The minimum absolute atomic E-state index is 0.574. The van der Waals surface area contributed by atoms with Crippen LogP contribution in [0.2, 0.25) is 0 Å². The Hall–Kier alpha value is -1.71. The second-order valence-electron chi connectivity index (χ2n) is 5.40. The molecule has 1 atom stereocenters. The molecule has 0 bridgehead atoms. The molecule has 3 aromatic rings. The summed E-state index contributed by atoms with van der Waals surface area (Å²) in [7, 11) is 0. The first-order chi connectivity index (χ1) is 10.2. The highest BCUT2D eigenvalue weighted by atomic mass is 32.1. The molecule has 108 valence electrons. The maximum absolute atomic E-state index is 11.1. The zero-order valence-corrected chi connectivity index (χ0v) is 12.9. The lowest BCUT2D eigenvalue weighted by Gasteiger charge is -2.27. The van der Waals surface area contributed by atoms with Crippen molar-refractivity contribution in [2.24, 2.45) is 0 Å². The molecule has 1 aromatic heterocycles. The van der Waals surface area contributed by atoms with Gasteiger partial charge in [0, 0.05) is 6.42 Å². The molecule has 1 N–H and O–H groups in total. The van der Waals surface area contributed by atoms with Crippen LogP contribution in [0, 0.1) is 0 Å². The summed E-state index contributed by atoms with van der Waals surface area (Å²) in [4.78, 5) is 4.66. The highest BCUT2D eigenvalue weighted by Gasteiger charge is 2.29. The Morgan fingerprint density at radius 2 is 1.76 bits per heavy atom. The van der Waals surface area contributed by atoms with Crippen LogP contribution in [0.25, 0.3) is 10.2 Å². The van der Waals surface area contributed by atoms with Gasteiger partial charge in [0.05, 0.1) is 20.8 Å². The maximum Gasteiger partial charge on any atom is 0.0970 e. The quantitative estimate of drug-likeness (QED) is 0.750. The summed E-state index contributed by atoms with van der Waals surface area (Å²) in [5.74, 6) is 0. The fourth-order valence-electron chi connectivity index (χ4n) is 2.74. The largest absolute Gasteiger partial charge is 0.385 e. The van der Waals surface area contributed by atoms with E-state index in [0.29, 0.717) is 6.42 Å². The Morgan fingerprint density at radius 3 is 2.48 bits per heavy atom. The zero-order chi connectivity index (χ0) is 14.7. The molecule has 0 spiro atoms. The fourth-order valence-corrected chi connectivity index (χ4v) is 3.82. The van der Waals surface area contributed by atoms with Gasteiger partial charge < -0.3 is 5.11 Å². The summed E-state index contributed by atoms with van der Waals surface area (Å²) in [6.07, 6.45) is 2.26. The summed E-state index contributed by atoms with van der Waals surface area (Å²) in [6.45, 7) is 2.10. The van der Waals surface area contributed by atoms with E-state index in [2.05, 4.69) is 18.0 Å². The normalized spacial score (nSPS) is 14.2. The number of hydrogen-bond donors (Lipinski definition) is 1. The predicted octanol–water partition coefficient (Wildman–Crippen LogP) is 4.53. The average molecular weight is 297 g/mol. The van der Waals surface area contributed by atoms with Crippen LogP contribution in [0.4, 0.5) is 0 Å². The third kappa shape index (κ3) is 2.99. The van der Waals surface area contributed by atoms with Crippen molar-refractivity contribution in [2.75, 3.05) is 0 Å². The van der Waals surface area contributed by atoms with Crippen molar-refractivity contribution in [2.45, 2.75) is 31.8 Å². The van der Waals surface area contributed by atoms with E-state index in [0.717, 1.165) is 28.9 Å². The topological polar surface area (TPSA) is 33.1 Å². The van der Waals surface area contributed by atoms with Crippen LogP contribution in [0.3, 0.4) is 0 Å². The molecule has 0 aliphatic rings. The Kier molecular flexibility index (Phi) is 4.04. The van der Waals surface area contributed by atoms with Crippen molar-refractivity contribution in [1.29, 1.82) is 0 Å². The van der Waals surface area contributed by atoms with Crippen LogP contribution < -0.4 is 0 Å².